The molecule has 0 unspecified atom stereocenters. The number of hydrogen-bond acceptors (Lipinski definition) is 6. The van der Waals surface area contributed by atoms with E-state index in [1.54, 1.807) is 10.7 Å². The van der Waals surface area contributed by atoms with E-state index in [1.165, 1.54) is 30.0 Å². The third-order valence-corrected chi connectivity index (χ3v) is 4.95. The average Bonchev–Trinajstić information content (AvgIpc) is 3.29. The zero-order chi connectivity index (χ0) is 19.3. The minimum absolute atomic E-state index is 0.0285. The first kappa shape index (κ1) is 19.5. The molecule has 1 heterocycles. The zero-order valence-electron chi connectivity index (χ0n) is 14.3. The Morgan fingerprint density at radius 3 is 2.78 bits per heavy atom. The van der Waals surface area contributed by atoms with Crippen LogP contribution in [0.5, 0.6) is 5.75 Å². The van der Waals surface area contributed by atoms with Crippen LogP contribution in [0.2, 0.25) is 0 Å². The number of amides is 1. The van der Waals surface area contributed by atoms with Gasteiger partial charge in [0.05, 0.1) is 17.5 Å². The molecule has 7 nitrogen and oxygen atoms in total. The van der Waals surface area contributed by atoms with E-state index in [2.05, 4.69) is 20.8 Å². The molecule has 1 aliphatic carbocycles. The van der Waals surface area contributed by atoms with Crippen LogP contribution in [0, 0.1) is 0 Å². The molecule has 0 bridgehead atoms. The quantitative estimate of drug-likeness (QED) is 0.716. The van der Waals surface area contributed by atoms with Gasteiger partial charge in [0.15, 0.2) is 6.61 Å². The van der Waals surface area contributed by atoms with Crippen molar-refractivity contribution in [3.8, 4) is 5.75 Å². The van der Waals surface area contributed by atoms with E-state index < -0.39 is 12.8 Å². The summed E-state index contributed by atoms with van der Waals surface area (Å²) < 4.78 is 43.5. The van der Waals surface area contributed by atoms with Crippen LogP contribution >= 0.6 is 11.8 Å². The van der Waals surface area contributed by atoms with Crippen LogP contribution < -0.4 is 10.1 Å². The molecule has 2 aromatic rings. The number of ether oxygens (including phenoxy) is 1. The van der Waals surface area contributed by atoms with Crippen LogP contribution in [0.15, 0.2) is 29.4 Å². The first-order valence-electron chi connectivity index (χ1n) is 8.41. The van der Waals surface area contributed by atoms with Gasteiger partial charge < -0.3 is 10.1 Å². The Hall–Kier alpha value is -2.30. The van der Waals surface area contributed by atoms with Crippen LogP contribution in [0.25, 0.3) is 0 Å². The molecule has 1 saturated carbocycles. The number of nitrogens with one attached hydrogen (secondary N) is 1. The van der Waals surface area contributed by atoms with E-state index in [9.17, 15) is 18.0 Å². The maximum Gasteiger partial charge on any atom is 0.422 e. The van der Waals surface area contributed by atoms with Crippen molar-refractivity contribution < 1.29 is 22.7 Å². The van der Waals surface area contributed by atoms with Crippen molar-refractivity contribution in [1.82, 2.24) is 20.2 Å². The molecule has 0 aliphatic heterocycles. The van der Waals surface area contributed by atoms with Crippen molar-refractivity contribution in [2.75, 3.05) is 17.7 Å². The Labute approximate surface area is 157 Å². The van der Waals surface area contributed by atoms with Gasteiger partial charge in [-0.25, -0.2) is 4.68 Å². The van der Waals surface area contributed by atoms with Gasteiger partial charge in [-0.05, 0) is 35.4 Å². The molecule has 1 aromatic carbocycles. The molecular weight excluding hydrogens is 383 g/mol. The molecule has 0 radical (unpaired) electrons. The summed E-state index contributed by atoms with van der Waals surface area (Å²) in [5, 5.41) is 14.7. The molecule has 0 atom stereocenters. The summed E-state index contributed by atoms with van der Waals surface area (Å²) in [5.74, 6) is -0.395. The van der Waals surface area contributed by atoms with Gasteiger partial charge in [0.25, 0.3) is 0 Å². The summed E-state index contributed by atoms with van der Waals surface area (Å²) in [6.07, 6.45) is -0.179. The van der Waals surface area contributed by atoms with E-state index >= 15 is 0 Å². The molecule has 11 heteroatoms. The Morgan fingerprint density at radius 1 is 1.30 bits per heavy atom. The second kappa shape index (κ2) is 8.59. The second-order valence-corrected chi connectivity index (χ2v) is 7.02. The van der Waals surface area contributed by atoms with Gasteiger partial charge in [0.2, 0.25) is 11.1 Å². The van der Waals surface area contributed by atoms with Gasteiger partial charge in [-0.3, -0.25) is 4.79 Å². The largest absolute Gasteiger partial charge is 0.482 e. The molecule has 1 N–H and O–H groups in total. The van der Waals surface area contributed by atoms with Gasteiger partial charge in [0, 0.05) is 0 Å². The molecule has 0 saturated heterocycles. The van der Waals surface area contributed by atoms with Crippen molar-refractivity contribution in [3.05, 3.63) is 24.3 Å². The summed E-state index contributed by atoms with van der Waals surface area (Å²) in [6.45, 7) is -1.43. The van der Waals surface area contributed by atoms with Crippen LogP contribution in [-0.4, -0.2) is 44.7 Å². The molecule has 3 rings (SSSR count). The third-order valence-electron chi connectivity index (χ3n) is 4.02. The Balaban J connectivity index is 1.57. The number of nitrogens with zero attached hydrogens (tertiary/aromatic N) is 4. The molecular formula is C16H18F3N5O2S. The Bertz CT molecular complexity index is 777. The number of para-hydroxylation sites is 2. The highest BCUT2D eigenvalue weighted by Gasteiger charge is 2.29. The fourth-order valence-corrected chi connectivity index (χ4v) is 3.57. The van der Waals surface area contributed by atoms with Crippen LogP contribution in [0.1, 0.15) is 31.7 Å². The molecule has 1 aromatic heterocycles. The lowest BCUT2D eigenvalue weighted by molar-refractivity contribution is -0.153. The van der Waals surface area contributed by atoms with Gasteiger partial charge in [-0.15, -0.1) is 5.10 Å². The molecule has 1 amide bonds. The Kier molecular flexibility index (Phi) is 6.19. The zero-order valence-corrected chi connectivity index (χ0v) is 15.1. The minimum Gasteiger partial charge on any atom is -0.482 e. The highest BCUT2D eigenvalue weighted by Crippen LogP contribution is 2.31. The molecule has 1 aliphatic rings. The van der Waals surface area contributed by atoms with Gasteiger partial charge in [0.1, 0.15) is 5.75 Å². The van der Waals surface area contributed by atoms with E-state index in [4.69, 9.17) is 4.74 Å². The van der Waals surface area contributed by atoms with Crippen molar-refractivity contribution in [2.45, 2.75) is 43.1 Å². The number of tetrazole rings is 1. The predicted octanol–water partition coefficient (Wildman–Crippen LogP) is 3.46. The standard InChI is InChI=1S/C16H18F3N5O2S/c17-16(18,19)10-26-13-8-4-3-7-12(13)20-14(25)9-27-15-21-22-23-24(15)11-5-1-2-6-11/h3-4,7-8,11H,1-2,5-6,9-10H2,(H,20,25). The highest BCUT2D eigenvalue weighted by atomic mass is 32.2. The summed E-state index contributed by atoms with van der Waals surface area (Å²) in [5.41, 5.74) is 0.183. The molecule has 27 heavy (non-hydrogen) atoms. The number of carbonyl (C=O) groups excluding carboxylic acids is 1. The second-order valence-electron chi connectivity index (χ2n) is 6.08. The van der Waals surface area contributed by atoms with Gasteiger partial charge in [-0.1, -0.05) is 36.7 Å². The number of aromatic nitrogens is 4. The van der Waals surface area contributed by atoms with Crippen molar-refractivity contribution >= 4 is 23.4 Å². The number of alkyl halides is 3. The van der Waals surface area contributed by atoms with E-state index in [-0.39, 0.29) is 29.1 Å². The number of hydrogen-bond donors (Lipinski definition) is 1. The molecule has 0 spiro atoms. The van der Waals surface area contributed by atoms with Gasteiger partial charge >= 0.3 is 6.18 Å². The first-order valence-corrected chi connectivity index (χ1v) is 9.40. The number of halogens is 3. The number of benzene rings is 1. The van der Waals surface area contributed by atoms with E-state index in [1.807, 2.05) is 0 Å². The smallest absolute Gasteiger partial charge is 0.422 e. The monoisotopic (exact) mass is 401 g/mol. The normalized spacial score (nSPS) is 15.1. The van der Waals surface area contributed by atoms with E-state index in [0.717, 1.165) is 25.7 Å². The number of anilines is 1. The number of carbonyl (C=O) groups is 1. The van der Waals surface area contributed by atoms with Crippen LogP contribution in [-0.2, 0) is 4.79 Å². The van der Waals surface area contributed by atoms with Crippen molar-refractivity contribution in [3.63, 3.8) is 0 Å². The van der Waals surface area contributed by atoms with E-state index in [0.29, 0.717) is 5.16 Å². The summed E-state index contributed by atoms with van der Waals surface area (Å²) in [6, 6.07) is 6.24. The summed E-state index contributed by atoms with van der Waals surface area (Å²) in [7, 11) is 0. The fraction of sp³-hybridized carbons (Fsp3) is 0.500. The Morgan fingerprint density at radius 2 is 2.04 bits per heavy atom. The van der Waals surface area contributed by atoms with Crippen LogP contribution in [0.3, 0.4) is 0 Å². The summed E-state index contributed by atoms with van der Waals surface area (Å²) in [4.78, 5) is 12.2. The fourth-order valence-electron chi connectivity index (χ4n) is 2.83. The lowest BCUT2D eigenvalue weighted by Crippen LogP contribution is -2.21. The number of rotatable bonds is 7. The van der Waals surface area contributed by atoms with Crippen molar-refractivity contribution in [2.24, 2.45) is 0 Å². The lowest BCUT2D eigenvalue weighted by Gasteiger charge is -2.14. The summed E-state index contributed by atoms with van der Waals surface area (Å²) >= 11 is 1.19. The molecule has 146 valence electrons. The van der Waals surface area contributed by atoms with Gasteiger partial charge in [-0.2, -0.15) is 13.2 Å². The first-order chi connectivity index (χ1) is 12.9. The van der Waals surface area contributed by atoms with Crippen LogP contribution in [0.4, 0.5) is 18.9 Å². The average molecular weight is 401 g/mol. The number of thioether (sulfide) groups is 1. The maximum atomic E-state index is 12.3. The third kappa shape index (κ3) is 5.59. The minimum atomic E-state index is -4.45. The lowest BCUT2D eigenvalue weighted by atomic mass is 10.3. The van der Waals surface area contributed by atoms with Crippen molar-refractivity contribution in [1.29, 1.82) is 0 Å². The predicted molar refractivity (Wildman–Crippen MR) is 92.7 cm³/mol. The maximum absolute atomic E-state index is 12.3. The molecule has 1 fully saturated rings. The highest BCUT2D eigenvalue weighted by molar-refractivity contribution is 7.99. The topological polar surface area (TPSA) is 81.9 Å². The SMILES string of the molecule is O=C(CSc1nnnn1C1CCCC1)Nc1ccccc1OCC(F)(F)F.